The molecule has 1 saturated heterocycles. The number of piperidine rings is 1. The molecule has 158 valence electrons. The number of benzene rings is 1. The lowest BCUT2D eigenvalue weighted by molar-refractivity contribution is 0.102. The molecule has 2 aromatic heterocycles. The minimum atomic E-state index is -3.20. The van der Waals surface area contributed by atoms with Crippen molar-refractivity contribution < 1.29 is 13.2 Å². The lowest BCUT2D eigenvalue weighted by atomic mass is 9.95. The van der Waals surface area contributed by atoms with E-state index < -0.39 is 10.0 Å². The minimum absolute atomic E-state index is 0.0427. The Morgan fingerprint density at radius 1 is 1.27 bits per heavy atom. The van der Waals surface area contributed by atoms with Crippen molar-refractivity contribution in [3.8, 4) is 0 Å². The number of nitrogens with zero attached hydrogens (tertiary/aromatic N) is 3. The zero-order valence-corrected chi connectivity index (χ0v) is 18.8. The number of fused-ring (bicyclic) bond motifs is 1. The number of hydrogen-bond donors (Lipinski definition) is 1. The van der Waals surface area contributed by atoms with Gasteiger partial charge in [-0.05, 0) is 56.0 Å². The second-order valence-corrected chi connectivity index (χ2v) is 10.8. The van der Waals surface area contributed by atoms with Crippen LogP contribution in [-0.2, 0) is 10.0 Å². The van der Waals surface area contributed by atoms with Crippen LogP contribution in [0.2, 0.25) is 0 Å². The van der Waals surface area contributed by atoms with Crippen molar-refractivity contribution in [1.82, 2.24) is 14.3 Å². The summed E-state index contributed by atoms with van der Waals surface area (Å²) in [5.74, 6) is -0.218. The van der Waals surface area contributed by atoms with E-state index in [1.54, 1.807) is 12.3 Å². The molecule has 1 atom stereocenters. The van der Waals surface area contributed by atoms with Gasteiger partial charge >= 0.3 is 0 Å². The van der Waals surface area contributed by atoms with E-state index in [9.17, 15) is 13.2 Å². The van der Waals surface area contributed by atoms with Gasteiger partial charge in [0.2, 0.25) is 10.0 Å². The molecule has 4 rings (SSSR count). The molecule has 0 bridgehead atoms. The first kappa shape index (κ1) is 20.9. The average molecular weight is 445 g/mol. The van der Waals surface area contributed by atoms with Crippen LogP contribution in [-0.4, -0.2) is 47.9 Å². The quantitative estimate of drug-likeness (QED) is 0.662. The number of carbonyl (C=O) groups is 1. The molecule has 0 unspecified atom stereocenters. The molecule has 1 N–H and O–H groups in total. The van der Waals surface area contributed by atoms with Gasteiger partial charge < -0.3 is 0 Å². The van der Waals surface area contributed by atoms with Gasteiger partial charge in [-0.1, -0.05) is 17.4 Å². The fourth-order valence-electron chi connectivity index (χ4n) is 3.86. The van der Waals surface area contributed by atoms with Crippen LogP contribution in [0.25, 0.3) is 10.2 Å². The number of hydrogen-bond acceptors (Lipinski definition) is 6. The Balaban J connectivity index is 1.47. The van der Waals surface area contributed by atoms with Gasteiger partial charge in [0.05, 0.1) is 22.0 Å². The number of rotatable bonds is 4. The zero-order chi connectivity index (χ0) is 21.5. The molecular weight excluding hydrogens is 420 g/mol. The van der Waals surface area contributed by atoms with E-state index in [1.807, 2.05) is 19.9 Å². The third-order valence-corrected chi connectivity index (χ3v) is 7.56. The highest BCUT2D eigenvalue weighted by molar-refractivity contribution is 7.88. The van der Waals surface area contributed by atoms with Crippen LogP contribution in [0.5, 0.6) is 0 Å². The van der Waals surface area contributed by atoms with Crippen molar-refractivity contribution in [2.45, 2.75) is 32.6 Å². The Labute approximate surface area is 180 Å². The molecule has 9 heteroatoms. The summed E-state index contributed by atoms with van der Waals surface area (Å²) in [5, 5.41) is 3.42. The first-order valence-electron chi connectivity index (χ1n) is 9.81. The van der Waals surface area contributed by atoms with Crippen LogP contribution >= 0.6 is 11.3 Å². The maximum Gasteiger partial charge on any atom is 0.259 e. The summed E-state index contributed by atoms with van der Waals surface area (Å²) in [5.41, 5.74) is 4.41. The third kappa shape index (κ3) is 4.38. The molecule has 0 radical (unpaired) electrons. The predicted molar refractivity (Wildman–Crippen MR) is 120 cm³/mol. The summed E-state index contributed by atoms with van der Waals surface area (Å²) < 4.78 is 26.2. The first-order valence-corrected chi connectivity index (χ1v) is 12.5. The number of pyridine rings is 1. The monoisotopic (exact) mass is 444 g/mol. The van der Waals surface area contributed by atoms with Crippen LogP contribution in [0.15, 0.2) is 30.5 Å². The lowest BCUT2D eigenvalue weighted by Gasteiger charge is -2.30. The molecule has 1 aromatic carbocycles. The summed E-state index contributed by atoms with van der Waals surface area (Å²) in [6.07, 6.45) is 4.47. The Hall–Kier alpha value is -2.36. The maximum absolute atomic E-state index is 12.6. The molecule has 1 amide bonds. The maximum atomic E-state index is 12.6. The molecular formula is C21H24N4O3S2. The summed E-state index contributed by atoms with van der Waals surface area (Å²) in [6, 6.07) is 7.69. The highest BCUT2D eigenvalue weighted by Gasteiger charge is 2.27. The lowest BCUT2D eigenvalue weighted by Crippen LogP contribution is -2.38. The summed E-state index contributed by atoms with van der Waals surface area (Å²) in [7, 11) is -3.20. The van der Waals surface area contributed by atoms with Gasteiger partial charge in [0.15, 0.2) is 5.13 Å². The molecule has 30 heavy (non-hydrogen) atoms. The Bertz CT molecular complexity index is 1200. The molecule has 3 heterocycles. The van der Waals surface area contributed by atoms with Gasteiger partial charge in [0.25, 0.3) is 5.91 Å². The molecule has 0 aliphatic carbocycles. The standard InChI is InChI=1S/C21H24N4O3S2/c1-13-9-14(2)19-18(10-13)29-21(23-19)24-20(26)15-6-7-17(22-11-15)16-5-4-8-25(12-16)30(3,27)28/h6-7,9-11,16H,4-5,8,12H2,1-3H3,(H,23,24,26)/t16-/m1/s1. The third-order valence-electron chi connectivity index (χ3n) is 5.37. The van der Waals surface area contributed by atoms with E-state index in [-0.39, 0.29) is 11.8 Å². The van der Waals surface area contributed by atoms with E-state index in [0.717, 1.165) is 34.3 Å². The smallest absolute Gasteiger partial charge is 0.259 e. The largest absolute Gasteiger partial charge is 0.298 e. The Morgan fingerprint density at radius 2 is 2.07 bits per heavy atom. The number of amides is 1. The Kier molecular flexibility index (Phi) is 5.61. The van der Waals surface area contributed by atoms with Crippen LogP contribution < -0.4 is 5.32 Å². The SMILES string of the molecule is Cc1cc(C)c2nc(NC(=O)c3ccc([C@@H]4CCCN(S(C)(=O)=O)C4)nc3)sc2c1. The Morgan fingerprint density at radius 3 is 2.77 bits per heavy atom. The van der Waals surface area contributed by atoms with Gasteiger partial charge in [-0.2, -0.15) is 0 Å². The van der Waals surface area contributed by atoms with Crippen LogP contribution in [0.3, 0.4) is 0 Å². The summed E-state index contributed by atoms with van der Waals surface area (Å²) >= 11 is 1.45. The highest BCUT2D eigenvalue weighted by atomic mass is 32.2. The highest BCUT2D eigenvalue weighted by Crippen LogP contribution is 2.30. The molecule has 0 saturated carbocycles. The normalized spacial score (nSPS) is 17.9. The number of carbonyl (C=O) groups excluding carboxylic acids is 1. The van der Waals surface area contributed by atoms with E-state index in [0.29, 0.717) is 23.8 Å². The number of anilines is 1. The van der Waals surface area contributed by atoms with Gasteiger partial charge in [-0.3, -0.25) is 15.1 Å². The number of aryl methyl sites for hydroxylation is 2. The van der Waals surface area contributed by atoms with Gasteiger partial charge in [-0.15, -0.1) is 0 Å². The van der Waals surface area contributed by atoms with Crippen molar-refractivity contribution in [1.29, 1.82) is 0 Å². The zero-order valence-electron chi connectivity index (χ0n) is 17.2. The molecule has 3 aromatic rings. The van der Waals surface area contributed by atoms with Crippen LogP contribution in [0.4, 0.5) is 5.13 Å². The molecule has 1 aliphatic rings. The molecule has 0 spiro atoms. The van der Waals surface area contributed by atoms with Crippen molar-refractivity contribution in [3.05, 3.63) is 52.8 Å². The van der Waals surface area contributed by atoms with Gasteiger partial charge in [-0.25, -0.2) is 17.7 Å². The fourth-order valence-corrected chi connectivity index (χ4v) is 5.81. The van der Waals surface area contributed by atoms with Crippen molar-refractivity contribution in [2.24, 2.45) is 0 Å². The fraction of sp³-hybridized carbons (Fsp3) is 0.381. The summed E-state index contributed by atoms with van der Waals surface area (Å²) in [6.45, 7) is 5.04. The van der Waals surface area contributed by atoms with Gasteiger partial charge in [0, 0.05) is 30.9 Å². The van der Waals surface area contributed by atoms with Crippen LogP contribution in [0.1, 0.15) is 45.9 Å². The first-order chi connectivity index (χ1) is 14.2. The average Bonchev–Trinajstić information content (AvgIpc) is 3.10. The van der Waals surface area contributed by atoms with Gasteiger partial charge in [0.1, 0.15) is 0 Å². The van der Waals surface area contributed by atoms with E-state index in [1.165, 1.54) is 27.5 Å². The van der Waals surface area contributed by atoms with E-state index in [4.69, 9.17) is 0 Å². The molecule has 1 aliphatic heterocycles. The number of thiazole rings is 1. The van der Waals surface area contributed by atoms with Crippen molar-refractivity contribution >= 4 is 42.6 Å². The number of aromatic nitrogens is 2. The number of sulfonamides is 1. The van der Waals surface area contributed by atoms with Crippen LogP contribution in [0, 0.1) is 13.8 Å². The van der Waals surface area contributed by atoms with E-state index >= 15 is 0 Å². The molecule has 7 nitrogen and oxygen atoms in total. The second-order valence-electron chi connectivity index (χ2n) is 7.83. The second kappa shape index (κ2) is 8.05. The van der Waals surface area contributed by atoms with E-state index in [2.05, 4.69) is 27.4 Å². The number of nitrogens with one attached hydrogen (secondary N) is 1. The molecule has 1 fully saturated rings. The minimum Gasteiger partial charge on any atom is -0.298 e. The predicted octanol–water partition coefficient (Wildman–Crippen LogP) is 3.70. The topological polar surface area (TPSA) is 92.3 Å². The summed E-state index contributed by atoms with van der Waals surface area (Å²) in [4.78, 5) is 21.6. The van der Waals surface area contributed by atoms with Crippen molar-refractivity contribution in [2.75, 3.05) is 24.7 Å². The van der Waals surface area contributed by atoms with Crippen molar-refractivity contribution in [3.63, 3.8) is 0 Å².